The number of ether oxygens (including phenoxy) is 1. The van der Waals surface area contributed by atoms with Gasteiger partial charge >= 0.3 is 18.4 Å². The summed E-state index contributed by atoms with van der Waals surface area (Å²) < 4.78 is 86.2. The number of methoxy groups -OCH3 is 1. The van der Waals surface area contributed by atoms with Gasteiger partial charge in [0.1, 0.15) is 11.4 Å². The molecule has 7 nitrogen and oxygen atoms in total. The highest BCUT2D eigenvalue weighted by Gasteiger charge is 2.37. The number of anilines is 2. The maximum absolute atomic E-state index is 13.2. The molecule has 14 heteroatoms. The van der Waals surface area contributed by atoms with Crippen LogP contribution in [0, 0.1) is 0 Å². The van der Waals surface area contributed by atoms with Gasteiger partial charge in [0.25, 0.3) is 0 Å². The molecule has 2 heterocycles. The Hall–Kier alpha value is -5.04. The van der Waals surface area contributed by atoms with Crippen LogP contribution in [0.5, 0.6) is 5.75 Å². The van der Waals surface area contributed by atoms with Crippen LogP contribution in [0.3, 0.4) is 0 Å². The third-order valence-corrected chi connectivity index (χ3v) is 6.66. The van der Waals surface area contributed by atoms with Crippen molar-refractivity contribution in [1.29, 1.82) is 0 Å². The average molecular weight is 632 g/mol. The van der Waals surface area contributed by atoms with Crippen molar-refractivity contribution in [2.24, 2.45) is 0 Å². The van der Waals surface area contributed by atoms with Crippen LogP contribution < -0.4 is 15.4 Å². The first-order valence-electron chi connectivity index (χ1n) is 12.6. The standard InChI is InChI=1S/C30H20ClF6N5O2/c1-44-26-11-18(5-6-25(26)31)27-24(17-7-9-38-10-8-17)16-42(41-27)23-4-2-3-21(15-23)39-28(43)40-22-13-19(29(32,33)34)12-20(14-22)30(35,36)37/h2-16H,1H3,(H2,39,40,43). The monoisotopic (exact) mass is 631 g/mol. The molecule has 0 fully saturated rings. The van der Waals surface area contributed by atoms with E-state index in [0.29, 0.717) is 39.8 Å². The van der Waals surface area contributed by atoms with Crippen molar-refractivity contribution < 1.29 is 35.9 Å². The Balaban J connectivity index is 1.45. The normalized spacial score (nSPS) is 11.7. The SMILES string of the molecule is COc1cc(-c2nn(-c3cccc(NC(=O)Nc4cc(C(F)(F)F)cc(C(F)(F)F)c4)c3)cc2-c2ccncc2)ccc1Cl. The van der Waals surface area contributed by atoms with Crippen molar-refractivity contribution in [1.82, 2.24) is 14.8 Å². The van der Waals surface area contributed by atoms with Crippen molar-refractivity contribution >= 4 is 29.0 Å². The van der Waals surface area contributed by atoms with E-state index in [1.54, 1.807) is 65.7 Å². The highest BCUT2D eigenvalue weighted by atomic mass is 35.5. The van der Waals surface area contributed by atoms with Gasteiger partial charge in [-0.1, -0.05) is 23.7 Å². The number of aromatic nitrogens is 3. The van der Waals surface area contributed by atoms with Gasteiger partial charge in [-0.3, -0.25) is 4.98 Å². The van der Waals surface area contributed by atoms with Crippen LogP contribution >= 0.6 is 11.6 Å². The molecular weight excluding hydrogens is 612 g/mol. The first-order valence-corrected chi connectivity index (χ1v) is 13.0. The van der Waals surface area contributed by atoms with E-state index in [2.05, 4.69) is 10.3 Å². The number of nitrogens with one attached hydrogen (secondary N) is 2. The minimum Gasteiger partial charge on any atom is -0.495 e. The van der Waals surface area contributed by atoms with Crippen LogP contribution in [0.1, 0.15) is 11.1 Å². The van der Waals surface area contributed by atoms with E-state index in [0.717, 1.165) is 11.1 Å². The van der Waals surface area contributed by atoms with E-state index < -0.39 is 35.2 Å². The number of alkyl halides is 6. The van der Waals surface area contributed by atoms with Crippen molar-refractivity contribution in [3.8, 4) is 33.8 Å². The maximum atomic E-state index is 13.2. The van der Waals surface area contributed by atoms with Crippen molar-refractivity contribution in [3.05, 3.63) is 108 Å². The van der Waals surface area contributed by atoms with E-state index >= 15 is 0 Å². The molecule has 0 aliphatic heterocycles. The van der Waals surface area contributed by atoms with E-state index in [4.69, 9.17) is 21.4 Å². The lowest BCUT2D eigenvalue weighted by Gasteiger charge is -2.15. The number of carbonyl (C=O) groups excluding carboxylic acids is 1. The Morgan fingerprint density at radius 1 is 0.818 bits per heavy atom. The van der Waals surface area contributed by atoms with Crippen molar-refractivity contribution in [2.75, 3.05) is 17.7 Å². The molecule has 0 radical (unpaired) electrons. The summed E-state index contributed by atoms with van der Waals surface area (Å²) >= 11 is 6.21. The molecule has 0 saturated carbocycles. The van der Waals surface area contributed by atoms with Crippen LogP contribution in [0.2, 0.25) is 5.02 Å². The van der Waals surface area contributed by atoms with E-state index in [1.807, 2.05) is 5.32 Å². The Kier molecular flexibility index (Phi) is 8.24. The molecule has 5 rings (SSSR count). The highest BCUT2D eigenvalue weighted by molar-refractivity contribution is 6.32. The van der Waals surface area contributed by atoms with Gasteiger partial charge in [0.2, 0.25) is 0 Å². The first-order chi connectivity index (χ1) is 20.8. The van der Waals surface area contributed by atoms with Crippen molar-refractivity contribution in [2.45, 2.75) is 12.4 Å². The fourth-order valence-corrected chi connectivity index (χ4v) is 4.51. The zero-order valence-corrected chi connectivity index (χ0v) is 23.2. The van der Waals surface area contributed by atoms with Gasteiger partial charge in [0, 0.05) is 41.1 Å². The molecular formula is C30H20ClF6N5O2. The zero-order valence-electron chi connectivity index (χ0n) is 22.5. The molecule has 5 aromatic rings. The van der Waals surface area contributed by atoms with Crippen LogP contribution in [-0.4, -0.2) is 27.9 Å². The Bertz CT molecular complexity index is 1790. The molecule has 0 spiro atoms. The molecule has 0 bridgehead atoms. The largest absolute Gasteiger partial charge is 0.495 e. The molecule has 0 aliphatic carbocycles. The molecule has 44 heavy (non-hydrogen) atoms. The third-order valence-electron chi connectivity index (χ3n) is 6.34. The lowest BCUT2D eigenvalue weighted by molar-refractivity contribution is -0.143. The quantitative estimate of drug-likeness (QED) is 0.183. The summed E-state index contributed by atoms with van der Waals surface area (Å²) in [5.41, 5.74) is -0.289. The summed E-state index contributed by atoms with van der Waals surface area (Å²) in [7, 11) is 1.49. The molecule has 2 aromatic heterocycles. The lowest BCUT2D eigenvalue weighted by atomic mass is 10.0. The zero-order chi connectivity index (χ0) is 31.6. The van der Waals surface area contributed by atoms with Gasteiger partial charge in [0.05, 0.1) is 28.9 Å². The Labute approximate surface area is 251 Å². The van der Waals surface area contributed by atoms with Gasteiger partial charge in [-0.25, -0.2) is 9.48 Å². The fraction of sp³-hybridized carbons (Fsp3) is 0.100. The molecule has 226 valence electrons. The minimum atomic E-state index is -5.06. The van der Waals surface area contributed by atoms with Gasteiger partial charge in [0.15, 0.2) is 0 Å². The number of pyridine rings is 1. The number of nitrogens with zero attached hydrogens (tertiary/aromatic N) is 3. The summed E-state index contributed by atoms with van der Waals surface area (Å²) in [6, 6.07) is 14.9. The topological polar surface area (TPSA) is 81.1 Å². The van der Waals surface area contributed by atoms with Crippen LogP contribution in [0.25, 0.3) is 28.1 Å². The van der Waals surface area contributed by atoms with Gasteiger partial charge < -0.3 is 15.4 Å². The summed E-state index contributed by atoms with van der Waals surface area (Å²) in [6.45, 7) is 0. The minimum absolute atomic E-state index is 0.0226. The predicted molar refractivity (Wildman–Crippen MR) is 153 cm³/mol. The molecule has 0 atom stereocenters. The number of halogens is 7. The highest BCUT2D eigenvalue weighted by Crippen LogP contribution is 2.38. The van der Waals surface area contributed by atoms with Gasteiger partial charge in [-0.05, 0) is 66.2 Å². The Morgan fingerprint density at radius 3 is 2.11 bits per heavy atom. The summed E-state index contributed by atoms with van der Waals surface area (Å²) in [4.78, 5) is 16.7. The van der Waals surface area contributed by atoms with Crippen LogP contribution in [0.15, 0.2) is 91.4 Å². The molecule has 0 saturated heterocycles. The van der Waals surface area contributed by atoms with Gasteiger partial charge in [-0.2, -0.15) is 31.4 Å². The number of carbonyl (C=O) groups is 1. The lowest BCUT2D eigenvalue weighted by Crippen LogP contribution is -2.21. The summed E-state index contributed by atoms with van der Waals surface area (Å²) in [5.74, 6) is 0.444. The summed E-state index contributed by atoms with van der Waals surface area (Å²) in [5, 5.41) is 9.63. The number of urea groups is 1. The van der Waals surface area contributed by atoms with Crippen molar-refractivity contribution in [3.63, 3.8) is 0 Å². The Morgan fingerprint density at radius 2 is 1.48 bits per heavy atom. The number of benzene rings is 3. The second-order valence-corrected chi connectivity index (χ2v) is 9.75. The van der Waals surface area contributed by atoms with Crippen LogP contribution in [0.4, 0.5) is 42.5 Å². The van der Waals surface area contributed by atoms with E-state index in [9.17, 15) is 31.1 Å². The maximum Gasteiger partial charge on any atom is 0.416 e. The smallest absolute Gasteiger partial charge is 0.416 e. The van der Waals surface area contributed by atoms with E-state index in [1.165, 1.54) is 19.2 Å². The predicted octanol–water partition coefficient (Wildman–Crippen LogP) is 8.94. The third kappa shape index (κ3) is 6.78. The molecule has 0 aliphatic rings. The number of hydrogen-bond acceptors (Lipinski definition) is 4. The molecule has 0 unspecified atom stereocenters. The number of rotatable bonds is 6. The molecule has 3 aromatic carbocycles. The number of amides is 2. The fourth-order valence-electron chi connectivity index (χ4n) is 4.32. The number of hydrogen-bond donors (Lipinski definition) is 2. The van der Waals surface area contributed by atoms with Gasteiger partial charge in [-0.15, -0.1) is 0 Å². The summed E-state index contributed by atoms with van der Waals surface area (Å²) in [6.07, 6.45) is -5.10. The van der Waals surface area contributed by atoms with E-state index in [-0.39, 0.29) is 11.8 Å². The average Bonchev–Trinajstić information content (AvgIpc) is 3.43. The first kappa shape index (κ1) is 30.4. The van der Waals surface area contributed by atoms with Crippen LogP contribution in [-0.2, 0) is 12.4 Å². The second kappa shape index (κ2) is 11.9. The molecule has 2 amide bonds. The second-order valence-electron chi connectivity index (χ2n) is 9.35. The molecule has 2 N–H and O–H groups in total.